The second-order valence-corrected chi connectivity index (χ2v) is 9.78. The first-order chi connectivity index (χ1) is 14.9. The van der Waals surface area contributed by atoms with Crippen LogP contribution in [-0.2, 0) is 17.1 Å². The number of hydrogen-bond donors (Lipinski definition) is 2. The fourth-order valence-electron chi connectivity index (χ4n) is 3.45. The lowest BCUT2D eigenvalue weighted by molar-refractivity contribution is 0.0762. The van der Waals surface area contributed by atoms with Crippen molar-refractivity contribution in [2.75, 3.05) is 18.4 Å². The van der Waals surface area contributed by atoms with Crippen LogP contribution in [0.15, 0.2) is 29.3 Å². The molecule has 0 aliphatic rings. The summed E-state index contributed by atoms with van der Waals surface area (Å²) in [5, 5.41) is 6.26. The highest BCUT2D eigenvalue weighted by molar-refractivity contribution is 7.90. The molecule has 1 aromatic carbocycles. The quantitative estimate of drug-likeness (QED) is 0.620. The molecule has 0 spiro atoms. The van der Waals surface area contributed by atoms with E-state index in [1.807, 2.05) is 64.5 Å². The van der Waals surface area contributed by atoms with Gasteiger partial charge in [0.2, 0.25) is 0 Å². The number of nitrogens with zero attached hydrogens (tertiary/aromatic N) is 3. The molecule has 2 rings (SSSR count). The fourth-order valence-corrected chi connectivity index (χ4v) is 4.35. The lowest BCUT2D eigenvalue weighted by Crippen LogP contribution is -2.35. The minimum atomic E-state index is -4.28. The molecule has 0 unspecified atom stereocenters. The fraction of sp³-hybridized carbons (Fsp3) is 0.500. The first-order valence-corrected chi connectivity index (χ1v) is 12.2. The van der Waals surface area contributed by atoms with Gasteiger partial charge in [0.15, 0.2) is 5.03 Å². The van der Waals surface area contributed by atoms with Crippen LogP contribution in [0.25, 0.3) is 0 Å². The van der Waals surface area contributed by atoms with Crippen LogP contribution in [0.5, 0.6) is 0 Å². The molecule has 0 radical (unpaired) electrons. The summed E-state index contributed by atoms with van der Waals surface area (Å²) in [6, 6.07) is 6.03. The summed E-state index contributed by atoms with van der Waals surface area (Å²) in [5.41, 5.74) is 2.55. The topological polar surface area (TPSA) is 113 Å². The number of hydrogen-bond acceptors (Lipinski definition) is 5. The Labute approximate surface area is 190 Å². The molecule has 0 atom stereocenters. The van der Waals surface area contributed by atoms with Gasteiger partial charge in [0, 0.05) is 31.9 Å². The van der Waals surface area contributed by atoms with E-state index in [0.29, 0.717) is 18.8 Å². The lowest BCUT2D eigenvalue weighted by Gasteiger charge is -2.20. The van der Waals surface area contributed by atoms with Crippen molar-refractivity contribution in [3.63, 3.8) is 0 Å². The monoisotopic (exact) mass is 463 g/mol. The molecule has 2 N–H and O–H groups in total. The van der Waals surface area contributed by atoms with Crippen LogP contribution in [0.2, 0.25) is 0 Å². The molecule has 0 fully saturated rings. The van der Waals surface area contributed by atoms with Crippen molar-refractivity contribution < 1.29 is 18.0 Å². The van der Waals surface area contributed by atoms with Gasteiger partial charge in [-0.3, -0.25) is 9.48 Å². The summed E-state index contributed by atoms with van der Waals surface area (Å²) in [4.78, 5) is 26.8. The highest BCUT2D eigenvalue weighted by Crippen LogP contribution is 2.32. The van der Waals surface area contributed by atoms with Crippen molar-refractivity contribution in [3.05, 3.63) is 41.1 Å². The smallest absolute Gasteiger partial charge is 0.333 e. The third kappa shape index (κ3) is 5.48. The summed E-state index contributed by atoms with van der Waals surface area (Å²) in [7, 11) is -2.80. The Bertz CT molecular complexity index is 1060. The van der Waals surface area contributed by atoms with E-state index in [4.69, 9.17) is 0 Å². The first-order valence-electron chi connectivity index (χ1n) is 10.7. The second kappa shape index (κ2) is 10.2. The molecule has 9 nitrogen and oxygen atoms in total. The third-order valence-electron chi connectivity index (χ3n) is 5.24. The molecule has 2 aromatic rings. The van der Waals surface area contributed by atoms with Gasteiger partial charge in [-0.05, 0) is 36.8 Å². The SMILES string of the molecule is CCN(CC)C(=O)c1cc(S(=O)(=O)NC(=O)Nc2c(C(C)C)cccc2C(C)C)nn1C. The van der Waals surface area contributed by atoms with Crippen molar-refractivity contribution in [2.45, 2.75) is 58.4 Å². The van der Waals surface area contributed by atoms with Crippen LogP contribution >= 0.6 is 0 Å². The normalized spacial score (nSPS) is 11.7. The predicted octanol–water partition coefficient (Wildman–Crippen LogP) is 3.66. The minimum absolute atomic E-state index is 0.127. The van der Waals surface area contributed by atoms with E-state index in [1.165, 1.54) is 17.8 Å². The largest absolute Gasteiger partial charge is 0.338 e. The number of benzene rings is 1. The Hall–Kier alpha value is -2.88. The molecule has 1 heterocycles. The summed E-state index contributed by atoms with van der Waals surface area (Å²) < 4.78 is 28.8. The van der Waals surface area contributed by atoms with Crippen molar-refractivity contribution in [2.24, 2.45) is 7.05 Å². The number of carbonyl (C=O) groups excluding carboxylic acids is 2. The zero-order valence-electron chi connectivity index (χ0n) is 19.8. The summed E-state index contributed by atoms with van der Waals surface area (Å²) in [6.07, 6.45) is 0. The van der Waals surface area contributed by atoms with Crippen LogP contribution in [0.1, 0.15) is 75.0 Å². The first kappa shape index (κ1) is 25.4. The number of nitrogens with one attached hydrogen (secondary N) is 2. The molecule has 0 aliphatic carbocycles. The number of anilines is 1. The van der Waals surface area contributed by atoms with Crippen molar-refractivity contribution in [1.82, 2.24) is 19.4 Å². The third-order valence-corrected chi connectivity index (χ3v) is 6.45. The van der Waals surface area contributed by atoms with Gasteiger partial charge in [-0.1, -0.05) is 45.9 Å². The van der Waals surface area contributed by atoms with Gasteiger partial charge in [-0.25, -0.2) is 9.52 Å². The van der Waals surface area contributed by atoms with Crippen LogP contribution in [0.4, 0.5) is 10.5 Å². The van der Waals surface area contributed by atoms with E-state index in [9.17, 15) is 18.0 Å². The standard InChI is InChI=1S/C22H33N5O4S/c1-8-27(9-2)21(28)18-13-19(24-26(18)7)32(30,31)25-22(29)23-20-16(14(3)4)11-10-12-17(20)15(5)6/h10-15H,8-9H2,1-7H3,(H2,23,25,29). The van der Waals surface area contributed by atoms with Gasteiger partial charge < -0.3 is 10.2 Å². The molecule has 0 bridgehead atoms. The van der Waals surface area contributed by atoms with Crippen molar-refractivity contribution in [3.8, 4) is 0 Å². The van der Waals surface area contributed by atoms with E-state index in [0.717, 1.165) is 11.1 Å². The maximum Gasteiger partial charge on any atom is 0.333 e. The maximum absolute atomic E-state index is 12.8. The van der Waals surface area contributed by atoms with Gasteiger partial charge in [0.25, 0.3) is 15.9 Å². The number of carbonyl (C=O) groups is 2. The molecular weight excluding hydrogens is 430 g/mol. The number of urea groups is 1. The molecule has 0 aliphatic heterocycles. The molecule has 3 amide bonds. The molecule has 32 heavy (non-hydrogen) atoms. The zero-order valence-corrected chi connectivity index (χ0v) is 20.6. The van der Waals surface area contributed by atoms with Crippen LogP contribution < -0.4 is 10.0 Å². The van der Waals surface area contributed by atoms with Crippen molar-refractivity contribution >= 4 is 27.6 Å². The Morgan fingerprint density at radius 2 is 1.59 bits per heavy atom. The summed E-state index contributed by atoms with van der Waals surface area (Å²) in [5.74, 6) is -0.0709. The number of sulfonamides is 1. The van der Waals surface area contributed by atoms with E-state index in [-0.39, 0.29) is 23.4 Å². The summed E-state index contributed by atoms with van der Waals surface area (Å²) in [6.45, 7) is 12.6. The van der Waals surface area contributed by atoms with Crippen LogP contribution in [0.3, 0.4) is 0 Å². The lowest BCUT2D eigenvalue weighted by atomic mass is 9.93. The van der Waals surface area contributed by atoms with Gasteiger partial charge >= 0.3 is 6.03 Å². The second-order valence-electron chi connectivity index (χ2n) is 8.15. The number of amides is 3. The average molecular weight is 464 g/mol. The van der Waals surface area contributed by atoms with E-state index in [1.54, 1.807) is 4.90 Å². The van der Waals surface area contributed by atoms with Crippen LogP contribution in [0, 0.1) is 0 Å². The molecule has 1 aromatic heterocycles. The number of rotatable bonds is 8. The van der Waals surface area contributed by atoms with Crippen molar-refractivity contribution in [1.29, 1.82) is 0 Å². The maximum atomic E-state index is 12.8. The predicted molar refractivity (Wildman–Crippen MR) is 124 cm³/mol. The molecule has 176 valence electrons. The Morgan fingerprint density at radius 1 is 1.06 bits per heavy atom. The molecular formula is C22H33N5O4S. The van der Waals surface area contributed by atoms with E-state index < -0.39 is 21.1 Å². The zero-order chi connectivity index (χ0) is 24.2. The minimum Gasteiger partial charge on any atom is -0.338 e. The van der Waals surface area contributed by atoms with E-state index in [2.05, 4.69) is 10.4 Å². The van der Waals surface area contributed by atoms with Crippen LogP contribution in [-0.4, -0.2) is 48.1 Å². The van der Waals surface area contributed by atoms with Gasteiger partial charge in [0.05, 0.1) is 0 Å². The molecule has 0 saturated heterocycles. The highest BCUT2D eigenvalue weighted by Gasteiger charge is 2.26. The highest BCUT2D eigenvalue weighted by atomic mass is 32.2. The Kier molecular flexibility index (Phi) is 8.06. The van der Waals surface area contributed by atoms with Gasteiger partial charge in [-0.2, -0.15) is 13.5 Å². The Morgan fingerprint density at radius 3 is 2.06 bits per heavy atom. The molecule has 10 heteroatoms. The Balaban J connectivity index is 2.30. The molecule has 0 saturated carbocycles. The number of aromatic nitrogens is 2. The van der Waals surface area contributed by atoms with Gasteiger partial charge in [0.1, 0.15) is 5.69 Å². The number of aryl methyl sites for hydroxylation is 1. The number of para-hydroxylation sites is 1. The van der Waals surface area contributed by atoms with Gasteiger partial charge in [-0.15, -0.1) is 0 Å². The summed E-state index contributed by atoms with van der Waals surface area (Å²) >= 11 is 0. The van der Waals surface area contributed by atoms with E-state index >= 15 is 0 Å². The average Bonchev–Trinajstić information content (AvgIpc) is 3.10.